The van der Waals surface area contributed by atoms with Crippen LogP contribution in [0.2, 0.25) is 10.0 Å². The molecule has 0 atom stereocenters. The van der Waals surface area contributed by atoms with Crippen molar-refractivity contribution in [2.45, 2.75) is 27.2 Å². The van der Waals surface area contributed by atoms with E-state index in [1.54, 1.807) is 18.2 Å². The molecule has 2 aromatic rings. The third-order valence-corrected chi connectivity index (χ3v) is 5.61. The number of anilines is 2. The maximum absolute atomic E-state index is 12.5. The second-order valence-corrected chi connectivity index (χ2v) is 9.39. The molecule has 3 rings (SSSR count). The van der Waals surface area contributed by atoms with Crippen LogP contribution in [-0.2, 0) is 16.0 Å². The molecule has 0 bridgehead atoms. The van der Waals surface area contributed by atoms with Crippen LogP contribution < -0.4 is 10.2 Å². The van der Waals surface area contributed by atoms with Crippen molar-refractivity contribution in [1.29, 1.82) is 0 Å². The molecule has 0 aliphatic carbocycles. The average molecular weight is 448 g/mol. The molecule has 2 aromatic carbocycles. The number of hydrogen-bond acceptors (Lipinski definition) is 3. The Morgan fingerprint density at radius 3 is 2.17 bits per heavy atom. The molecule has 5 nitrogen and oxygen atoms in total. The van der Waals surface area contributed by atoms with Crippen molar-refractivity contribution in [2.75, 3.05) is 36.4 Å². The van der Waals surface area contributed by atoms with Gasteiger partial charge >= 0.3 is 0 Å². The van der Waals surface area contributed by atoms with Gasteiger partial charge in [-0.1, -0.05) is 56.1 Å². The van der Waals surface area contributed by atoms with Crippen LogP contribution >= 0.6 is 23.2 Å². The SMILES string of the molecule is CC(C)(C)C(=O)N1CCN(c2ccc(NC(=O)Cc3ccc(Cl)cc3)cc2Cl)CC1. The monoisotopic (exact) mass is 447 g/mol. The van der Waals surface area contributed by atoms with Gasteiger partial charge in [0, 0.05) is 42.3 Å². The quantitative estimate of drug-likeness (QED) is 0.726. The van der Waals surface area contributed by atoms with Crippen molar-refractivity contribution in [3.8, 4) is 0 Å². The normalized spacial score (nSPS) is 14.6. The Hall–Kier alpha value is -2.24. The fourth-order valence-electron chi connectivity index (χ4n) is 3.46. The average Bonchev–Trinajstić information content (AvgIpc) is 2.69. The first-order valence-corrected chi connectivity index (χ1v) is 10.8. The maximum atomic E-state index is 12.5. The number of carbonyl (C=O) groups excluding carboxylic acids is 2. The van der Waals surface area contributed by atoms with Gasteiger partial charge in [0.25, 0.3) is 0 Å². The highest BCUT2D eigenvalue weighted by molar-refractivity contribution is 6.33. The van der Waals surface area contributed by atoms with Gasteiger partial charge in [0.2, 0.25) is 11.8 Å². The van der Waals surface area contributed by atoms with Crippen molar-refractivity contribution < 1.29 is 9.59 Å². The van der Waals surface area contributed by atoms with Crippen LogP contribution in [0.4, 0.5) is 11.4 Å². The minimum absolute atomic E-state index is 0.115. The summed E-state index contributed by atoms with van der Waals surface area (Å²) < 4.78 is 0. The van der Waals surface area contributed by atoms with E-state index in [2.05, 4.69) is 10.2 Å². The van der Waals surface area contributed by atoms with Crippen LogP contribution in [-0.4, -0.2) is 42.9 Å². The molecule has 2 amide bonds. The number of rotatable bonds is 4. The molecule has 160 valence electrons. The van der Waals surface area contributed by atoms with Crippen molar-refractivity contribution in [1.82, 2.24) is 4.90 Å². The fraction of sp³-hybridized carbons (Fsp3) is 0.391. The number of nitrogens with zero attached hydrogens (tertiary/aromatic N) is 2. The van der Waals surface area contributed by atoms with Crippen LogP contribution in [0.1, 0.15) is 26.3 Å². The number of benzene rings is 2. The summed E-state index contributed by atoms with van der Waals surface area (Å²) in [6.45, 7) is 8.63. The van der Waals surface area contributed by atoms with E-state index in [-0.39, 0.29) is 23.7 Å². The lowest BCUT2D eigenvalue weighted by Gasteiger charge is -2.39. The molecule has 1 fully saturated rings. The minimum atomic E-state index is -0.369. The zero-order valence-electron chi connectivity index (χ0n) is 17.5. The van der Waals surface area contributed by atoms with E-state index in [0.29, 0.717) is 28.8 Å². The highest BCUT2D eigenvalue weighted by Gasteiger charge is 2.30. The van der Waals surface area contributed by atoms with Gasteiger partial charge in [-0.2, -0.15) is 0 Å². The van der Waals surface area contributed by atoms with Crippen molar-refractivity contribution in [3.63, 3.8) is 0 Å². The van der Waals surface area contributed by atoms with E-state index in [1.165, 1.54) is 0 Å². The van der Waals surface area contributed by atoms with Gasteiger partial charge in [0.05, 0.1) is 17.1 Å². The lowest BCUT2D eigenvalue weighted by Crippen LogP contribution is -2.51. The summed E-state index contributed by atoms with van der Waals surface area (Å²) in [7, 11) is 0. The van der Waals surface area contributed by atoms with Gasteiger partial charge in [-0.15, -0.1) is 0 Å². The van der Waals surface area contributed by atoms with Crippen LogP contribution in [0, 0.1) is 5.41 Å². The standard InChI is InChI=1S/C23H27Cl2N3O2/c1-23(2,3)22(30)28-12-10-27(11-13-28)20-9-8-18(15-19(20)25)26-21(29)14-16-4-6-17(24)7-5-16/h4-9,15H,10-14H2,1-3H3,(H,26,29). The second-order valence-electron chi connectivity index (χ2n) is 8.55. The first-order chi connectivity index (χ1) is 14.1. The topological polar surface area (TPSA) is 52.7 Å². The van der Waals surface area contributed by atoms with Crippen molar-refractivity contribution in [3.05, 3.63) is 58.1 Å². The molecule has 1 aliphatic heterocycles. The maximum Gasteiger partial charge on any atom is 0.228 e. The summed E-state index contributed by atoms with van der Waals surface area (Å²) >= 11 is 12.4. The van der Waals surface area contributed by atoms with Crippen molar-refractivity contribution in [2.24, 2.45) is 5.41 Å². The molecule has 7 heteroatoms. The summed E-state index contributed by atoms with van der Waals surface area (Å²) in [5, 5.41) is 4.11. The summed E-state index contributed by atoms with van der Waals surface area (Å²) in [6.07, 6.45) is 0.264. The molecule has 1 N–H and O–H groups in total. The molecule has 30 heavy (non-hydrogen) atoms. The summed E-state index contributed by atoms with van der Waals surface area (Å²) in [5.74, 6) is 0.0578. The molecule has 1 saturated heterocycles. The lowest BCUT2D eigenvalue weighted by atomic mass is 9.94. The summed E-state index contributed by atoms with van der Waals surface area (Å²) in [6, 6.07) is 12.7. The van der Waals surface area contributed by atoms with Crippen LogP contribution in [0.15, 0.2) is 42.5 Å². The zero-order chi connectivity index (χ0) is 21.9. The number of amides is 2. The molecule has 0 aromatic heterocycles. The number of hydrogen-bond donors (Lipinski definition) is 1. The molecule has 0 radical (unpaired) electrons. The van der Waals surface area contributed by atoms with E-state index in [0.717, 1.165) is 24.3 Å². The number of halogens is 2. The third kappa shape index (κ3) is 5.67. The Kier molecular flexibility index (Phi) is 6.94. The largest absolute Gasteiger partial charge is 0.367 e. The Morgan fingerprint density at radius 1 is 0.967 bits per heavy atom. The molecular weight excluding hydrogens is 421 g/mol. The van der Waals surface area contributed by atoms with Gasteiger partial charge in [0.15, 0.2) is 0 Å². The fourth-order valence-corrected chi connectivity index (χ4v) is 3.88. The van der Waals surface area contributed by atoms with E-state index >= 15 is 0 Å². The van der Waals surface area contributed by atoms with Gasteiger partial charge in [0.1, 0.15) is 0 Å². The Morgan fingerprint density at radius 2 is 1.60 bits per heavy atom. The van der Waals surface area contributed by atoms with Crippen LogP contribution in [0.5, 0.6) is 0 Å². The number of carbonyl (C=O) groups is 2. The smallest absolute Gasteiger partial charge is 0.228 e. The van der Waals surface area contributed by atoms with Gasteiger partial charge in [-0.05, 0) is 35.9 Å². The summed E-state index contributed by atoms with van der Waals surface area (Å²) in [4.78, 5) is 28.9. The molecular formula is C23H27Cl2N3O2. The highest BCUT2D eigenvalue weighted by Crippen LogP contribution is 2.30. The molecule has 1 aliphatic rings. The van der Waals surface area contributed by atoms with Gasteiger partial charge in [-0.3, -0.25) is 9.59 Å². The Balaban J connectivity index is 1.58. The van der Waals surface area contributed by atoms with E-state index in [4.69, 9.17) is 23.2 Å². The number of nitrogens with one attached hydrogen (secondary N) is 1. The molecule has 1 heterocycles. The molecule has 0 saturated carbocycles. The van der Waals surface area contributed by atoms with E-state index < -0.39 is 0 Å². The predicted molar refractivity (Wildman–Crippen MR) is 123 cm³/mol. The van der Waals surface area contributed by atoms with Crippen LogP contribution in [0.25, 0.3) is 0 Å². The van der Waals surface area contributed by atoms with Gasteiger partial charge < -0.3 is 15.1 Å². The highest BCUT2D eigenvalue weighted by atomic mass is 35.5. The minimum Gasteiger partial charge on any atom is -0.367 e. The first-order valence-electron chi connectivity index (χ1n) is 10.0. The molecule has 0 spiro atoms. The van der Waals surface area contributed by atoms with Gasteiger partial charge in [-0.25, -0.2) is 0 Å². The first kappa shape index (κ1) is 22.4. The predicted octanol–water partition coefficient (Wildman–Crippen LogP) is 4.87. The Bertz CT molecular complexity index is 915. The summed E-state index contributed by atoms with van der Waals surface area (Å²) in [5.41, 5.74) is 2.09. The number of piperazine rings is 1. The van der Waals surface area contributed by atoms with Crippen LogP contribution in [0.3, 0.4) is 0 Å². The van der Waals surface area contributed by atoms with Crippen molar-refractivity contribution >= 4 is 46.4 Å². The zero-order valence-corrected chi connectivity index (χ0v) is 19.1. The third-order valence-electron chi connectivity index (χ3n) is 5.06. The van der Waals surface area contributed by atoms with E-state index in [9.17, 15) is 9.59 Å². The van der Waals surface area contributed by atoms with E-state index in [1.807, 2.05) is 49.9 Å². The second kappa shape index (κ2) is 9.27. The Labute approximate surface area is 187 Å². The molecule has 0 unspecified atom stereocenters. The lowest BCUT2D eigenvalue weighted by molar-refractivity contribution is -0.139.